The largest absolute Gasteiger partial charge is 0.481 e. The van der Waals surface area contributed by atoms with Gasteiger partial charge in [-0.1, -0.05) is 18.2 Å². The number of ether oxygens (including phenoxy) is 1. The van der Waals surface area contributed by atoms with Crippen LogP contribution < -0.4 is 10.1 Å². The highest BCUT2D eigenvalue weighted by molar-refractivity contribution is 5.95. The molecular weight excluding hydrogens is 306 g/mol. The molecule has 3 rings (SSSR count). The van der Waals surface area contributed by atoms with Crippen LogP contribution in [0.1, 0.15) is 22.3 Å². The molecule has 0 radical (unpaired) electrons. The van der Waals surface area contributed by atoms with Crippen molar-refractivity contribution in [2.75, 3.05) is 5.32 Å². The van der Waals surface area contributed by atoms with Crippen molar-refractivity contribution in [2.45, 2.75) is 32.8 Å². The third kappa shape index (κ3) is 3.40. The maximum atomic E-state index is 12.4. The van der Waals surface area contributed by atoms with E-state index in [9.17, 15) is 9.59 Å². The minimum absolute atomic E-state index is 0.0758. The lowest BCUT2D eigenvalue weighted by molar-refractivity contribution is -0.136. The molecule has 0 saturated heterocycles. The number of rotatable bonds is 4. The van der Waals surface area contributed by atoms with Crippen LogP contribution in [0.5, 0.6) is 5.75 Å². The molecule has 0 fully saturated rings. The molecule has 1 atom stereocenters. The van der Waals surface area contributed by atoms with Gasteiger partial charge >= 0.3 is 5.97 Å². The third-order valence-electron chi connectivity index (χ3n) is 4.19. The third-order valence-corrected chi connectivity index (χ3v) is 4.19. The Bertz CT molecular complexity index is 782. The summed E-state index contributed by atoms with van der Waals surface area (Å²) in [6.07, 6.45) is -0.102. The molecule has 2 aromatic rings. The molecule has 1 aliphatic rings. The number of aliphatic carboxylic acids is 1. The van der Waals surface area contributed by atoms with E-state index in [-0.39, 0.29) is 12.3 Å². The Hall–Kier alpha value is -2.82. The Labute approximate surface area is 140 Å². The van der Waals surface area contributed by atoms with Gasteiger partial charge in [0.25, 0.3) is 5.91 Å². The molecule has 0 bridgehead atoms. The zero-order chi connectivity index (χ0) is 17.3. The summed E-state index contributed by atoms with van der Waals surface area (Å²) in [6.45, 7) is 4.05. The van der Waals surface area contributed by atoms with Crippen molar-refractivity contribution in [1.82, 2.24) is 0 Å². The van der Waals surface area contributed by atoms with E-state index >= 15 is 0 Å². The molecule has 24 heavy (non-hydrogen) atoms. The van der Waals surface area contributed by atoms with Crippen LogP contribution in [0.4, 0.5) is 5.69 Å². The van der Waals surface area contributed by atoms with Crippen molar-refractivity contribution in [3.8, 4) is 5.75 Å². The van der Waals surface area contributed by atoms with Crippen molar-refractivity contribution in [3.05, 3.63) is 58.7 Å². The monoisotopic (exact) mass is 325 g/mol. The number of carboxylic acids is 1. The lowest BCUT2D eigenvalue weighted by Crippen LogP contribution is -2.31. The molecule has 0 aliphatic carbocycles. The molecule has 5 nitrogen and oxygen atoms in total. The number of amides is 1. The van der Waals surface area contributed by atoms with Gasteiger partial charge in [-0.3, -0.25) is 9.59 Å². The number of fused-ring (bicyclic) bond motifs is 1. The predicted molar refractivity (Wildman–Crippen MR) is 90.4 cm³/mol. The summed E-state index contributed by atoms with van der Waals surface area (Å²) in [5.74, 6) is -0.370. The lowest BCUT2D eigenvalue weighted by atomic mass is 10.0. The van der Waals surface area contributed by atoms with Crippen LogP contribution in [0.25, 0.3) is 0 Å². The number of benzene rings is 2. The van der Waals surface area contributed by atoms with Gasteiger partial charge in [0.05, 0.1) is 6.42 Å². The van der Waals surface area contributed by atoms with E-state index in [0.717, 1.165) is 16.9 Å². The molecule has 0 spiro atoms. The van der Waals surface area contributed by atoms with Gasteiger partial charge in [-0.25, -0.2) is 0 Å². The first-order valence-corrected chi connectivity index (χ1v) is 7.81. The van der Waals surface area contributed by atoms with Gasteiger partial charge in [-0.15, -0.1) is 0 Å². The van der Waals surface area contributed by atoms with Crippen LogP contribution in [0.3, 0.4) is 0 Å². The van der Waals surface area contributed by atoms with Gasteiger partial charge in [0.15, 0.2) is 6.10 Å². The van der Waals surface area contributed by atoms with Crippen molar-refractivity contribution in [2.24, 2.45) is 0 Å². The van der Waals surface area contributed by atoms with Crippen molar-refractivity contribution in [1.29, 1.82) is 0 Å². The highest BCUT2D eigenvalue weighted by Crippen LogP contribution is 2.31. The smallest absolute Gasteiger partial charge is 0.307 e. The Balaban J connectivity index is 1.69. The van der Waals surface area contributed by atoms with Crippen LogP contribution in [0, 0.1) is 13.8 Å². The van der Waals surface area contributed by atoms with Gasteiger partial charge < -0.3 is 15.2 Å². The lowest BCUT2D eigenvalue weighted by Gasteiger charge is -2.12. The first-order chi connectivity index (χ1) is 11.4. The molecule has 0 saturated carbocycles. The Morgan fingerprint density at radius 2 is 1.96 bits per heavy atom. The Morgan fingerprint density at radius 3 is 2.71 bits per heavy atom. The topological polar surface area (TPSA) is 75.6 Å². The molecule has 2 N–H and O–H groups in total. The normalized spacial score (nSPS) is 15.5. The molecule has 124 valence electrons. The quantitative estimate of drug-likeness (QED) is 0.906. The standard InChI is InChI=1S/C19H19NO4/c1-11-6-14-10-17(24-16(14)7-12(11)2)19(23)20-15-5-3-4-13(8-15)9-18(21)22/h3-8,17H,9-10H2,1-2H3,(H,20,23)(H,21,22). The minimum atomic E-state index is -0.904. The highest BCUT2D eigenvalue weighted by atomic mass is 16.5. The van der Waals surface area contributed by atoms with E-state index in [1.807, 2.05) is 19.9 Å². The molecule has 0 aromatic heterocycles. The molecule has 1 amide bonds. The second kappa shape index (κ2) is 6.35. The van der Waals surface area contributed by atoms with Gasteiger partial charge in [0, 0.05) is 12.1 Å². The van der Waals surface area contributed by atoms with Gasteiger partial charge in [-0.2, -0.15) is 0 Å². The summed E-state index contributed by atoms with van der Waals surface area (Å²) in [4.78, 5) is 23.2. The molecule has 1 heterocycles. The molecular formula is C19H19NO4. The molecule has 1 unspecified atom stereocenters. The fourth-order valence-corrected chi connectivity index (χ4v) is 2.82. The maximum Gasteiger partial charge on any atom is 0.307 e. The summed E-state index contributed by atoms with van der Waals surface area (Å²) in [5.41, 5.74) is 4.57. The van der Waals surface area contributed by atoms with Crippen molar-refractivity contribution < 1.29 is 19.4 Å². The molecule has 5 heteroatoms. The zero-order valence-corrected chi connectivity index (χ0v) is 13.6. The van der Waals surface area contributed by atoms with E-state index in [1.165, 1.54) is 5.56 Å². The number of carboxylic acid groups (broad SMARTS) is 1. The summed E-state index contributed by atoms with van der Waals surface area (Å²) in [5, 5.41) is 11.7. The van der Waals surface area contributed by atoms with Gasteiger partial charge in [-0.05, 0) is 54.3 Å². The summed E-state index contributed by atoms with van der Waals surface area (Å²) < 4.78 is 5.77. The number of aryl methyl sites for hydroxylation is 2. The van der Waals surface area contributed by atoms with Gasteiger partial charge in [0.1, 0.15) is 5.75 Å². The Kier molecular flexibility index (Phi) is 4.25. The van der Waals surface area contributed by atoms with Crippen LogP contribution in [-0.2, 0) is 22.4 Å². The Morgan fingerprint density at radius 1 is 1.21 bits per heavy atom. The van der Waals surface area contributed by atoms with E-state index in [1.54, 1.807) is 24.3 Å². The fourth-order valence-electron chi connectivity index (χ4n) is 2.82. The van der Waals surface area contributed by atoms with E-state index in [2.05, 4.69) is 11.4 Å². The zero-order valence-electron chi connectivity index (χ0n) is 13.6. The average Bonchev–Trinajstić information content (AvgIpc) is 2.90. The van der Waals surface area contributed by atoms with Crippen molar-refractivity contribution >= 4 is 17.6 Å². The van der Waals surface area contributed by atoms with E-state index in [0.29, 0.717) is 17.7 Å². The van der Waals surface area contributed by atoms with E-state index < -0.39 is 12.1 Å². The second-order valence-corrected chi connectivity index (χ2v) is 6.11. The number of anilines is 1. The fraction of sp³-hybridized carbons (Fsp3) is 0.263. The highest BCUT2D eigenvalue weighted by Gasteiger charge is 2.29. The van der Waals surface area contributed by atoms with Crippen LogP contribution in [0.15, 0.2) is 36.4 Å². The van der Waals surface area contributed by atoms with E-state index in [4.69, 9.17) is 9.84 Å². The first-order valence-electron chi connectivity index (χ1n) is 7.81. The molecule has 1 aliphatic heterocycles. The maximum absolute atomic E-state index is 12.4. The molecule has 2 aromatic carbocycles. The van der Waals surface area contributed by atoms with Gasteiger partial charge in [0.2, 0.25) is 0 Å². The number of nitrogens with one attached hydrogen (secondary N) is 1. The number of carbonyl (C=O) groups excluding carboxylic acids is 1. The van der Waals surface area contributed by atoms with Crippen molar-refractivity contribution in [3.63, 3.8) is 0 Å². The van der Waals surface area contributed by atoms with Crippen LogP contribution >= 0.6 is 0 Å². The minimum Gasteiger partial charge on any atom is -0.481 e. The first kappa shape index (κ1) is 16.1. The number of carbonyl (C=O) groups is 2. The summed E-state index contributed by atoms with van der Waals surface area (Å²) in [7, 11) is 0. The SMILES string of the molecule is Cc1cc2c(cc1C)OC(C(=O)Nc1cccc(CC(=O)O)c1)C2. The summed E-state index contributed by atoms with van der Waals surface area (Å²) >= 11 is 0. The average molecular weight is 325 g/mol. The van der Waals surface area contributed by atoms with Crippen LogP contribution in [-0.4, -0.2) is 23.1 Å². The summed E-state index contributed by atoms with van der Waals surface area (Å²) in [6, 6.07) is 10.9. The number of hydrogen-bond acceptors (Lipinski definition) is 3. The van der Waals surface area contributed by atoms with Crippen LogP contribution in [0.2, 0.25) is 0 Å². The predicted octanol–water partition coefficient (Wildman–Crippen LogP) is 2.87. The number of hydrogen-bond donors (Lipinski definition) is 2. The second-order valence-electron chi connectivity index (χ2n) is 6.11.